The molecule has 0 spiro atoms. The van der Waals surface area contributed by atoms with Crippen molar-refractivity contribution in [2.45, 2.75) is 45.4 Å². The van der Waals surface area contributed by atoms with Crippen molar-refractivity contribution >= 4 is 18.4 Å². The third kappa shape index (κ3) is 5.27. The summed E-state index contributed by atoms with van der Waals surface area (Å²) in [5, 5.41) is 3.49. The average molecular weight is 328 g/mol. The minimum atomic E-state index is -0.463. The van der Waals surface area contributed by atoms with Crippen LogP contribution in [-0.2, 0) is 14.3 Å². The van der Waals surface area contributed by atoms with Gasteiger partial charge < -0.3 is 14.8 Å². The van der Waals surface area contributed by atoms with E-state index in [2.05, 4.69) is 24.4 Å². The van der Waals surface area contributed by atoms with Crippen LogP contribution in [-0.4, -0.2) is 30.8 Å². The zero-order valence-corrected chi connectivity index (χ0v) is 14.5. The molecule has 0 radical (unpaired) electrons. The Morgan fingerprint density at radius 3 is 2.50 bits per heavy atom. The number of rotatable bonds is 4. The van der Waals surface area contributed by atoms with Crippen molar-refractivity contribution in [2.75, 3.05) is 13.2 Å². The van der Waals surface area contributed by atoms with Crippen LogP contribution in [0.15, 0.2) is 30.3 Å². The van der Waals surface area contributed by atoms with E-state index in [9.17, 15) is 4.79 Å². The number of benzene rings is 1. The van der Waals surface area contributed by atoms with Gasteiger partial charge in [0.1, 0.15) is 5.60 Å². The van der Waals surface area contributed by atoms with Gasteiger partial charge in [-0.25, -0.2) is 0 Å². The Kier molecular flexibility index (Phi) is 6.85. The highest BCUT2D eigenvalue weighted by molar-refractivity contribution is 5.85. The van der Waals surface area contributed by atoms with E-state index in [1.807, 2.05) is 39.0 Å². The van der Waals surface area contributed by atoms with E-state index in [4.69, 9.17) is 9.47 Å². The Labute approximate surface area is 139 Å². The molecule has 0 aromatic heterocycles. The van der Waals surface area contributed by atoms with Gasteiger partial charge in [-0.15, -0.1) is 12.4 Å². The van der Waals surface area contributed by atoms with Gasteiger partial charge in [0, 0.05) is 12.1 Å². The van der Waals surface area contributed by atoms with Crippen LogP contribution in [0.1, 0.15) is 39.3 Å². The zero-order chi connectivity index (χ0) is 15.5. The van der Waals surface area contributed by atoms with Gasteiger partial charge in [-0.3, -0.25) is 4.79 Å². The molecule has 1 heterocycles. The predicted molar refractivity (Wildman–Crippen MR) is 89.2 cm³/mol. The number of carbonyl (C=O) groups excluding carboxylic acids is 1. The summed E-state index contributed by atoms with van der Waals surface area (Å²) in [5.74, 6) is -0.423. The maximum absolute atomic E-state index is 12.2. The van der Waals surface area contributed by atoms with Crippen LogP contribution in [0.25, 0.3) is 0 Å². The highest BCUT2D eigenvalue weighted by Crippen LogP contribution is 2.22. The zero-order valence-electron chi connectivity index (χ0n) is 13.7. The summed E-state index contributed by atoms with van der Waals surface area (Å²) in [5.41, 5.74) is 0.738. The number of carbonyl (C=O) groups is 1. The molecule has 1 aliphatic rings. The fourth-order valence-corrected chi connectivity index (χ4v) is 2.49. The quantitative estimate of drug-likeness (QED) is 0.863. The maximum Gasteiger partial charge on any atom is 0.313 e. The van der Waals surface area contributed by atoms with E-state index in [1.54, 1.807) is 0 Å². The first-order valence-corrected chi connectivity index (χ1v) is 7.48. The number of hydrogen-bond donors (Lipinski definition) is 1. The normalized spacial score (nSPS) is 22.7. The van der Waals surface area contributed by atoms with Gasteiger partial charge in [0.2, 0.25) is 0 Å². The Balaban J connectivity index is 0.00000242. The standard InChI is InChI=1S/C17H25NO3.ClH/c1-12(13-8-6-5-7-9-13)18-15-11-20-10-14(15)16(19)21-17(2,3)4;/h5-9,12,14-15,18H,10-11H2,1-4H3;1H. The minimum Gasteiger partial charge on any atom is -0.460 e. The Morgan fingerprint density at radius 2 is 1.91 bits per heavy atom. The van der Waals surface area contributed by atoms with Crippen LogP contribution in [0, 0.1) is 5.92 Å². The summed E-state index contributed by atoms with van der Waals surface area (Å²) in [6.45, 7) is 8.72. The summed E-state index contributed by atoms with van der Waals surface area (Å²) < 4.78 is 11.0. The first-order valence-electron chi connectivity index (χ1n) is 7.48. The lowest BCUT2D eigenvalue weighted by molar-refractivity contribution is -0.160. The van der Waals surface area contributed by atoms with Crippen molar-refractivity contribution in [3.63, 3.8) is 0 Å². The third-order valence-corrected chi connectivity index (χ3v) is 3.55. The van der Waals surface area contributed by atoms with Crippen molar-refractivity contribution < 1.29 is 14.3 Å². The molecule has 3 atom stereocenters. The second kappa shape index (κ2) is 7.95. The molecule has 1 fully saturated rings. The molecule has 1 saturated heterocycles. The molecule has 1 N–H and O–H groups in total. The SMILES string of the molecule is CC(NC1COCC1C(=O)OC(C)(C)C)c1ccccc1.Cl. The number of halogens is 1. The molecule has 1 aliphatic heterocycles. The van der Waals surface area contributed by atoms with E-state index >= 15 is 0 Å². The van der Waals surface area contributed by atoms with Crippen molar-refractivity contribution in [2.24, 2.45) is 5.92 Å². The van der Waals surface area contributed by atoms with Gasteiger partial charge in [0.15, 0.2) is 0 Å². The number of ether oxygens (including phenoxy) is 2. The van der Waals surface area contributed by atoms with Gasteiger partial charge in [-0.1, -0.05) is 30.3 Å². The van der Waals surface area contributed by atoms with Gasteiger partial charge in [0.25, 0.3) is 0 Å². The number of nitrogens with one attached hydrogen (secondary N) is 1. The summed E-state index contributed by atoms with van der Waals surface area (Å²) in [6, 6.07) is 10.4. The summed E-state index contributed by atoms with van der Waals surface area (Å²) in [7, 11) is 0. The van der Waals surface area contributed by atoms with Gasteiger partial charge >= 0.3 is 5.97 Å². The predicted octanol–water partition coefficient (Wildman–Crippen LogP) is 3.12. The fourth-order valence-electron chi connectivity index (χ4n) is 2.49. The van der Waals surface area contributed by atoms with E-state index < -0.39 is 5.60 Å². The van der Waals surface area contributed by atoms with Crippen LogP contribution in [0.5, 0.6) is 0 Å². The first kappa shape index (κ1) is 18.9. The molecule has 4 nitrogen and oxygen atoms in total. The maximum atomic E-state index is 12.2. The molecule has 0 aliphatic carbocycles. The Hall–Kier alpha value is -1.10. The monoisotopic (exact) mass is 327 g/mol. The molecule has 0 amide bonds. The third-order valence-electron chi connectivity index (χ3n) is 3.55. The van der Waals surface area contributed by atoms with Crippen molar-refractivity contribution in [3.05, 3.63) is 35.9 Å². The lowest BCUT2D eigenvalue weighted by Crippen LogP contribution is -2.42. The van der Waals surface area contributed by atoms with Gasteiger partial charge in [-0.2, -0.15) is 0 Å². The summed E-state index contributed by atoms with van der Waals surface area (Å²) >= 11 is 0. The van der Waals surface area contributed by atoms with Crippen LogP contribution < -0.4 is 5.32 Å². The van der Waals surface area contributed by atoms with Crippen LogP contribution in [0.4, 0.5) is 0 Å². The second-order valence-corrected chi connectivity index (χ2v) is 6.58. The topological polar surface area (TPSA) is 47.6 Å². The molecular weight excluding hydrogens is 302 g/mol. The summed E-state index contributed by atoms with van der Waals surface area (Å²) in [6.07, 6.45) is 0. The molecule has 22 heavy (non-hydrogen) atoms. The minimum absolute atomic E-state index is 0. The van der Waals surface area contributed by atoms with Crippen molar-refractivity contribution in [1.82, 2.24) is 5.32 Å². The van der Waals surface area contributed by atoms with Crippen molar-refractivity contribution in [3.8, 4) is 0 Å². The molecule has 0 bridgehead atoms. The molecule has 3 unspecified atom stereocenters. The molecule has 0 saturated carbocycles. The summed E-state index contributed by atoms with van der Waals surface area (Å²) in [4.78, 5) is 12.2. The average Bonchev–Trinajstić information content (AvgIpc) is 2.86. The molecule has 5 heteroatoms. The Bertz CT molecular complexity index is 473. The molecule has 2 rings (SSSR count). The number of hydrogen-bond acceptors (Lipinski definition) is 4. The smallest absolute Gasteiger partial charge is 0.313 e. The van der Waals surface area contributed by atoms with E-state index in [0.29, 0.717) is 13.2 Å². The molecule has 1 aromatic carbocycles. The molecular formula is C17H26ClNO3. The molecule has 1 aromatic rings. The van der Waals surface area contributed by atoms with Gasteiger partial charge in [-0.05, 0) is 33.3 Å². The largest absolute Gasteiger partial charge is 0.460 e. The van der Waals surface area contributed by atoms with Crippen LogP contribution >= 0.6 is 12.4 Å². The van der Waals surface area contributed by atoms with Crippen molar-refractivity contribution in [1.29, 1.82) is 0 Å². The van der Waals surface area contributed by atoms with E-state index in [-0.39, 0.29) is 36.4 Å². The number of esters is 1. The highest BCUT2D eigenvalue weighted by Gasteiger charge is 2.37. The second-order valence-electron chi connectivity index (χ2n) is 6.58. The molecule has 124 valence electrons. The lowest BCUT2D eigenvalue weighted by Gasteiger charge is -2.26. The first-order chi connectivity index (χ1) is 9.87. The lowest BCUT2D eigenvalue weighted by atomic mass is 10.0. The van der Waals surface area contributed by atoms with Crippen LogP contribution in [0.2, 0.25) is 0 Å². The Morgan fingerprint density at radius 1 is 1.27 bits per heavy atom. The van der Waals surface area contributed by atoms with E-state index in [0.717, 1.165) is 0 Å². The fraction of sp³-hybridized carbons (Fsp3) is 0.588. The van der Waals surface area contributed by atoms with Gasteiger partial charge in [0.05, 0.1) is 19.1 Å². The highest BCUT2D eigenvalue weighted by atomic mass is 35.5. The van der Waals surface area contributed by atoms with E-state index in [1.165, 1.54) is 5.56 Å². The van der Waals surface area contributed by atoms with Crippen LogP contribution in [0.3, 0.4) is 0 Å².